The summed E-state index contributed by atoms with van der Waals surface area (Å²) in [5.41, 5.74) is 1.80. The maximum absolute atomic E-state index is 5.93. The molecule has 0 saturated carbocycles. The fourth-order valence-corrected chi connectivity index (χ4v) is 2.92. The van der Waals surface area contributed by atoms with E-state index >= 15 is 0 Å². The first-order valence-electron chi connectivity index (χ1n) is 6.20. The molecule has 6 heteroatoms. The van der Waals surface area contributed by atoms with Gasteiger partial charge in [-0.25, -0.2) is 4.98 Å². The lowest BCUT2D eigenvalue weighted by atomic mass is 10.4. The summed E-state index contributed by atoms with van der Waals surface area (Å²) in [6.07, 6.45) is 4.29. The molecule has 0 amide bonds. The summed E-state index contributed by atoms with van der Waals surface area (Å²) >= 11 is 11.3. The number of aromatic nitrogens is 3. The molecule has 0 radical (unpaired) electrons. The average Bonchev–Trinajstić information content (AvgIpc) is 2.93. The van der Waals surface area contributed by atoms with Gasteiger partial charge in [-0.1, -0.05) is 11.6 Å². The van der Waals surface area contributed by atoms with Crippen LogP contribution >= 0.6 is 23.8 Å². The van der Waals surface area contributed by atoms with Crippen molar-refractivity contribution in [3.05, 3.63) is 22.1 Å². The maximum atomic E-state index is 5.93. The summed E-state index contributed by atoms with van der Waals surface area (Å²) in [5.74, 6) is 0. The minimum atomic E-state index is 0.630. The number of nitrogens with zero attached hydrogens (tertiary/aromatic N) is 3. The third kappa shape index (κ3) is 2.30. The van der Waals surface area contributed by atoms with Gasteiger partial charge in [-0.3, -0.25) is 0 Å². The first-order valence-corrected chi connectivity index (χ1v) is 6.99. The van der Waals surface area contributed by atoms with Crippen molar-refractivity contribution in [1.82, 2.24) is 19.4 Å². The summed E-state index contributed by atoms with van der Waals surface area (Å²) in [6, 6.07) is 1.87. The molecule has 1 fully saturated rings. The molecule has 0 bridgehead atoms. The Morgan fingerprint density at radius 1 is 1.33 bits per heavy atom. The van der Waals surface area contributed by atoms with Crippen LogP contribution < -0.4 is 0 Å². The van der Waals surface area contributed by atoms with Crippen molar-refractivity contribution in [3.63, 3.8) is 0 Å². The normalized spacial score (nSPS) is 16.7. The summed E-state index contributed by atoms with van der Waals surface area (Å²) in [6.45, 7) is 4.32. The second kappa shape index (κ2) is 4.99. The Labute approximate surface area is 116 Å². The van der Waals surface area contributed by atoms with Gasteiger partial charge in [0.05, 0.1) is 10.5 Å². The fraction of sp³-hybridized carbons (Fsp3) is 0.500. The van der Waals surface area contributed by atoms with Gasteiger partial charge in [-0.05, 0) is 44.2 Å². The van der Waals surface area contributed by atoms with Gasteiger partial charge in [0.2, 0.25) is 0 Å². The first kappa shape index (κ1) is 12.1. The number of pyridine rings is 1. The number of fused-ring (bicyclic) bond motifs is 1. The van der Waals surface area contributed by atoms with Gasteiger partial charge in [-0.15, -0.1) is 0 Å². The minimum Gasteiger partial charge on any atom is -0.329 e. The molecule has 0 atom stereocenters. The van der Waals surface area contributed by atoms with Gasteiger partial charge < -0.3 is 14.5 Å². The van der Waals surface area contributed by atoms with E-state index in [2.05, 4.69) is 19.4 Å². The number of likely N-dealkylation sites (tertiary alicyclic amines) is 1. The summed E-state index contributed by atoms with van der Waals surface area (Å²) < 4.78 is 2.78. The Balaban J connectivity index is 1.86. The monoisotopic (exact) mass is 282 g/mol. The van der Waals surface area contributed by atoms with E-state index < -0.39 is 0 Å². The third-order valence-corrected chi connectivity index (χ3v) is 3.94. The number of rotatable bonds is 3. The van der Waals surface area contributed by atoms with Crippen LogP contribution in [0.2, 0.25) is 5.02 Å². The lowest BCUT2D eigenvalue weighted by molar-refractivity contribution is 0.323. The number of nitrogens with one attached hydrogen (secondary N) is 1. The third-order valence-electron chi connectivity index (χ3n) is 3.41. The van der Waals surface area contributed by atoms with E-state index in [1.807, 2.05) is 6.07 Å². The highest BCUT2D eigenvalue weighted by molar-refractivity contribution is 7.71. The Hall–Kier alpha value is -0.910. The van der Waals surface area contributed by atoms with Crippen LogP contribution in [0.1, 0.15) is 12.8 Å². The molecule has 4 nitrogen and oxygen atoms in total. The van der Waals surface area contributed by atoms with E-state index in [0.717, 1.165) is 29.0 Å². The topological polar surface area (TPSA) is 36.9 Å². The number of hydrogen-bond donors (Lipinski definition) is 1. The molecule has 1 aliphatic rings. The van der Waals surface area contributed by atoms with E-state index in [1.165, 1.54) is 25.9 Å². The Bertz CT molecular complexity index is 612. The zero-order chi connectivity index (χ0) is 12.5. The lowest BCUT2D eigenvalue weighted by Crippen LogP contribution is -2.24. The molecule has 2 aromatic rings. The van der Waals surface area contributed by atoms with Crippen LogP contribution in [-0.4, -0.2) is 39.1 Å². The highest BCUT2D eigenvalue weighted by Gasteiger charge is 2.12. The predicted molar refractivity (Wildman–Crippen MR) is 75.6 cm³/mol. The second-order valence-corrected chi connectivity index (χ2v) is 5.48. The van der Waals surface area contributed by atoms with Crippen molar-refractivity contribution in [2.75, 3.05) is 19.6 Å². The second-order valence-electron chi connectivity index (χ2n) is 4.66. The Kier molecular flexibility index (Phi) is 3.37. The number of H-pyrrole nitrogens is 1. The summed E-state index contributed by atoms with van der Waals surface area (Å²) in [7, 11) is 0. The maximum Gasteiger partial charge on any atom is 0.179 e. The van der Waals surface area contributed by atoms with Gasteiger partial charge >= 0.3 is 0 Å². The van der Waals surface area contributed by atoms with Crippen LogP contribution in [0.4, 0.5) is 0 Å². The quantitative estimate of drug-likeness (QED) is 0.880. The lowest BCUT2D eigenvalue weighted by Gasteiger charge is -2.14. The number of halogens is 1. The molecule has 1 N–H and O–H groups in total. The van der Waals surface area contributed by atoms with Crippen molar-refractivity contribution in [2.45, 2.75) is 19.4 Å². The van der Waals surface area contributed by atoms with Crippen LogP contribution in [0.15, 0.2) is 12.3 Å². The van der Waals surface area contributed by atoms with Gasteiger partial charge in [0, 0.05) is 19.3 Å². The van der Waals surface area contributed by atoms with Crippen LogP contribution in [0.3, 0.4) is 0 Å². The predicted octanol–water partition coefficient (Wildman–Crippen LogP) is 2.84. The van der Waals surface area contributed by atoms with E-state index in [0.29, 0.717) is 5.02 Å². The molecule has 0 aliphatic carbocycles. The molecule has 0 aromatic carbocycles. The van der Waals surface area contributed by atoms with Crippen LogP contribution in [0.25, 0.3) is 11.2 Å². The van der Waals surface area contributed by atoms with Crippen LogP contribution in [0, 0.1) is 4.77 Å². The molecule has 3 rings (SSSR count). The smallest absolute Gasteiger partial charge is 0.179 e. The molecule has 2 aromatic heterocycles. The Morgan fingerprint density at radius 2 is 2.11 bits per heavy atom. The first-order chi connectivity index (χ1) is 8.74. The highest BCUT2D eigenvalue weighted by Crippen LogP contribution is 2.16. The van der Waals surface area contributed by atoms with Crippen molar-refractivity contribution >= 4 is 35.0 Å². The Morgan fingerprint density at radius 3 is 2.89 bits per heavy atom. The number of aromatic amines is 1. The fourth-order valence-electron chi connectivity index (χ4n) is 2.47. The zero-order valence-electron chi connectivity index (χ0n) is 10.0. The molecule has 96 valence electrons. The van der Waals surface area contributed by atoms with Crippen LogP contribution in [0.5, 0.6) is 0 Å². The van der Waals surface area contributed by atoms with Gasteiger partial charge in [0.25, 0.3) is 0 Å². The van der Waals surface area contributed by atoms with Crippen molar-refractivity contribution < 1.29 is 0 Å². The van der Waals surface area contributed by atoms with Gasteiger partial charge in [-0.2, -0.15) is 0 Å². The largest absolute Gasteiger partial charge is 0.329 e. The molecule has 3 heterocycles. The van der Waals surface area contributed by atoms with E-state index in [-0.39, 0.29) is 0 Å². The highest BCUT2D eigenvalue weighted by atomic mass is 35.5. The van der Waals surface area contributed by atoms with E-state index in [1.54, 1.807) is 6.20 Å². The van der Waals surface area contributed by atoms with E-state index in [9.17, 15) is 0 Å². The SMILES string of the molecule is S=c1[nH]c2cc(Cl)cnc2n1CCN1CCCC1. The number of imidazole rings is 1. The summed E-state index contributed by atoms with van der Waals surface area (Å²) in [4.78, 5) is 9.99. The van der Waals surface area contributed by atoms with Crippen LogP contribution in [-0.2, 0) is 6.54 Å². The van der Waals surface area contributed by atoms with Crippen molar-refractivity contribution in [2.24, 2.45) is 0 Å². The molecule has 1 aliphatic heterocycles. The van der Waals surface area contributed by atoms with Gasteiger partial charge in [0.1, 0.15) is 0 Å². The minimum absolute atomic E-state index is 0.630. The zero-order valence-corrected chi connectivity index (χ0v) is 11.6. The molecule has 0 unspecified atom stereocenters. The number of hydrogen-bond acceptors (Lipinski definition) is 3. The molecule has 18 heavy (non-hydrogen) atoms. The van der Waals surface area contributed by atoms with Gasteiger partial charge in [0.15, 0.2) is 10.4 Å². The molecule has 0 spiro atoms. The van der Waals surface area contributed by atoms with E-state index in [4.69, 9.17) is 23.8 Å². The molecule has 1 saturated heterocycles. The summed E-state index contributed by atoms with van der Waals surface area (Å²) in [5, 5.41) is 0.630. The van der Waals surface area contributed by atoms with Crippen molar-refractivity contribution in [3.8, 4) is 0 Å². The van der Waals surface area contributed by atoms with Crippen molar-refractivity contribution in [1.29, 1.82) is 0 Å². The standard InChI is InChI=1S/C12H15ClN4S/c13-9-7-10-11(14-8-9)17(12(18)15-10)6-5-16-3-1-2-4-16/h7-8H,1-6H2,(H,15,18). The molecular formula is C12H15ClN4S. The average molecular weight is 283 g/mol. The molecular weight excluding hydrogens is 268 g/mol.